The molecule has 1 unspecified atom stereocenters. The fourth-order valence-electron chi connectivity index (χ4n) is 0.842. The molecular formula is C10H16F2O2. The number of hydrogen-bond donors (Lipinski definition) is 2. The van der Waals surface area contributed by atoms with E-state index in [0.717, 1.165) is 19.3 Å². The van der Waals surface area contributed by atoms with Gasteiger partial charge in [0.2, 0.25) is 0 Å². The van der Waals surface area contributed by atoms with Crippen molar-refractivity contribution in [1.82, 2.24) is 0 Å². The second kappa shape index (κ2) is 6.74. The summed E-state index contributed by atoms with van der Waals surface area (Å²) in [6.07, 6.45) is 1.08. The van der Waals surface area contributed by atoms with Gasteiger partial charge in [-0.05, 0) is 12.3 Å². The molecule has 0 aromatic carbocycles. The van der Waals surface area contributed by atoms with Gasteiger partial charge in [0, 0.05) is 6.42 Å². The maximum absolute atomic E-state index is 12.7. The molecule has 4 heteroatoms. The number of rotatable bonds is 5. The normalized spacial score (nSPS) is 13.2. The van der Waals surface area contributed by atoms with Gasteiger partial charge in [0.25, 0.3) is 0 Å². The summed E-state index contributed by atoms with van der Waals surface area (Å²) in [5, 5.41) is 17.0. The Labute approximate surface area is 82.9 Å². The average molecular weight is 206 g/mol. The van der Waals surface area contributed by atoms with E-state index in [1.54, 1.807) is 5.92 Å². The Bertz CT molecular complexity index is 206. The Morgan fingerprint density at radius 1 is 1.36 bits per heavy atom. The summed E-state index contributed by atoms with van der Waals surface area (Å²) in [4.78, 5) is 0. The molecule has 0 saturated carbocycles. The van der Waals surface area contributed by atoms with Crippen LogP contribution in [0, 0.1) is 11.8 Å². The molecule has 0 amide bonds. The molecule has 0 aliphatic carbocycles. The first kappa shape index (κ1) is 13.3. The van der Waals surface area contributed by atoms with Crippen molar-refractivity contribution in [3.63, 3.8) is 0 Å². The lowest BCUT2D eigenvalue weighted by atomic mass is 10.1. The summed E-state index contributed by atoms with van der Waals surface area (Å²) in [5.74, 6) is 0.481. The molecule has 2 nitrogen and oxygen atoms in total. The van der Waals surface area contributed by atoms with Crippen LogP contribution in [0.3, 0.4) is 0 Å². The summed E-state index contributed by atoms with van der Waals surface area (Å²) < 4.78 is 25.5. The summed E-state index contributed by atoms with van der Waals surface area (Å²) >= 11 is 0. The Morgan fingerprint density at radius 3 is 2.50 bits per heavy atom. The molecule has 0 aromatic rings. The van der Waals surface area contributed by atoms with Gasteiger partial charge >= 0.3 is 5.92 Å². The van der Waals surface area contributed by atoms with Crippen molar-refractivity contribution in [2.45, 2.75) is 44.6 Å². The fraction of sp³-hybridized carbons (Fsp3) is 0.800. The van der Waals surface area contributed by atoms with Gasteiger partial charge in [-0.15, -0.1) is 0 Å². The number of aliphatic hydroxyl groups excluding tert-OH is 2. The van der Waals surface area contributed by atoms with Gasteiger partial charge < -0.3 is 10.2 Å². The van der Waals surface area contributed by atoms with Crippen LogP contribution >= 0.6 is 0 Å². The van der Waals surface area contributed by atoms with E-state index >= 15 is 0 Å². The summed E-state index contributed by atoms with van der Waals surface area (Å²) in [7, 11) is 0. The van der Waals surface area contributed by atoms with Gasteiger partial charge in [-0.1, -0.05) is 25.7 Å². The van der Waals surface area contributed by atoms with Crippen molar-refractivity contribution in [1.29, 1.82) is 0 Å². The topological polar surface area (TPSA) is 40.5 Å². The van der Waals surface area contributed by atoms with Gasteiger partial charge in [-0.3, -0.25) is 0 Å². The molecule has 2 N–H and O–H groups in total. The zero-order valence-electron chi connectivity index (χ0n) is 8.26. The molecule has 0 fully saturated rings. The monoisotopic (exact) mass is 206 g/mol. The third-order valence-corrected chi connectivity index (χ3v) is 1.75. The lowest BCUT2D eigenvalue weighted by Crippen LogP contribution is -2.34. The highest BCUT2D eigenvalue weighted by Crippen LogP contribution is 2.17. The van der Waals surface area contributed by atoms with Crippen LogP contribution < -0.4 is 0 Å². The van der Waals surface area contributed by atoms with E-state index in [2.05, 4.69) is 5.92 Å². The number of unbranched alkanes of at least 4 members (excludes halogenated alkanes) is 3. The van der Waals surface area contributed by atoms with Gasteiger partial charge in [-0.2, -0.15) is 8.78 Å². The molecule has 0 spiro atoms. The molecule has 0 aliphatic rings. The third-order valence-electron chi connectivity index (χ3n) is 1.75. The van der Waals surface area contributed by atoms with E-state index in [1.807, 2.05) is 6.92 Å². The standard InChI is InChI=1S/C10H16F2O2/c1-2-3-4-5-6-7-10(11,12)9(14)8-13/h9,13-14H,2-5,8H2,1H3. The Balaban J connectivity index is 3.93. The van der Waals surface area contributed by atoms with Crippen molar-refractivity contribution < 1.29 is 19.0 Å². The van der Waals surface area contributed by atoms with E-state index < -0.39 is 18.6 Å². The van der Waals surface area contributed by atoms with Gasteiger partial charge in [-0.25, -0.2) is 0 Å². The molecule has 0 bridgehead atoms. The first-order chi connectivity index (χ1) is 6.54. The van der Waals surface area contributed by atoms with Crippen LogP contribution in [-0.2, 0) is 0 Å². The number of halogens is 2. The van der Waals surface area contributed by atoms with Crippen LogP contribution in [0.5, 0.6) is 0 Å². The van der Waals surface area contributed by atoms with Crippen LogP contribution in [0.1, 0.15) is 32.6 Å². The molecule has 14 heavy (non-hydrogen) atoms. The SMILES string of the molecule is CCCCCC#CC(F)(F)C(O)CO. The highest BCUT2D eigenvalue weighted by molar-refractivity contribution is 5.11. The zero-order valence-corrected chi connectivity index (χ0v) is 8.26. The molecule has 0 aliphatic heterocycles. The molecule has 1 atom stereocenters. The fourth-order valence-corrected chi connectivity index (χ4v) is 0.842. The second-order valence-electron chi connectivity index (χ2n) is 3.08. The quantitative estimate of drug-likeness (QED) is 0.529. The highest BCUT2D eigenvalue weighted by Gasteiger charge is 2.35. The van der Waals surface area contributed by atoms with Crippen molar-refractivity contribution in [2.24, 2.45) is 0 Å². The minimum absolute atomic E-state index is 0.404. The highest BCUT2D eigenvalue weighted by atomic mass is 19.3. The van der Waals surface area contributed by atoms with Crippen LogP contribution in [0.4, 0.5) is 8.78 Å². The summed E-state index contributed by atoms with van der Waals surface area (Å²) in [6.45, 7) is 1.04. The minimum atomic E-state index is -3.50. The molecule has 0 heterocycles. The zero-order chi connectivity index (χ0) is 11.0. The lowest BCUT2D eigenvalue weighted by Gasteiger charge is -2.13. The van der Waals surface area contributed by atoms with Crippen molar-refractivity contribution in [3.8, 4) is 11.8 Å². The van der Waals surface area contributed by atoms with Crippen LogP contribution in [0.25, 0.3) is 0 Å². The van der Waals surface area contributed by atoms with Crippen molar-refractivity contribution >= 4 is 0 Å². The summed E-state index contributed by atoms with van der Waals surface area (Å²) in [5.41, 5.74) is 0. The maximum Gasteiger partial charge on any atom is 0.335 e. The van der Waals surface area contributed by atoms with E-state index in [-0.39, 0.29) is 0 Å². The number of aliphatic hydroxyl groups is 2. The van der Waals surface area contributed by atoms with Gasteiger partial charge in [0.15, 0.2) is 6.10 Å². The van der Waals surface area contributed by atoms with E-state index in [0.29, 0.717) is 6.42 Å². The average Bonchev–Trinajstić information content (AvgIpc) is 2.16. The Hall–Kier alpha value is -0.660. The Kier molecular flexibility index (Phi) is 6.43. The molecule has 82 valence electrons. The first-order valence-electron chi connectivity index (χ1n) is 4.71. The number of hydrogen-bond acceptors (Lipinski definition) is 2. The lowest BCUT2D eigenvalue weighted by molar-refractivity contribution is -0.0830. The van der Waals surface area contributed by atoms with Gasteiger partial charge in [0.1, 0.15) is 0 Å². The second-order valence-corrected chi connectivity index (χ2v) is 3.08. The molecule has 0 radical (unpaired) electrons. The van der Waals surface area contributed by atoms with Crippen LogP contribution in [0.2, 0.25) is 0 Å². The predicted octanol–water partition coefficient (Wildman–Crippen LogP) is 1.56. The molecular weight excluding hydrogens is 190 g/mol. The predicted molar refractivity (Wildman–Crippen MR) is 50.0 cm³/mol. The Morgan fingerprint density at radius 2 is 2.00 bits per heavy atom. The maximum atomic E-state index is 12.7. The van der Waals surface area contributed by atoms with Crippen LogP contribution in [-0.4, -0.2) is 28.8 Å². The van der Waals surface area contributed by atoms with Crippen LogP contribution in [0.15, 0.2) is 0 Å². The molecule has 0 rings (SSSR count). The first-order valence-corrected chi connectivity index (χ1v) is 4.71. The third kappa shape index (κ3) is 5.15. The molecule has 0 aromatic heterocycles. The smallest absolute Gasteiger partial charge is 0.335 e. The van der Waals surface area contributed by atoms with Crippen molar-refractivity contribution in [3.05, 3.63) is 0 Å². The van der Waals surface area contributed by atoms with E-state index in [4.69, 9.17) is 10.2 Å². The van der Waals surface area contributed by atoms with Gasteiger partial charge in [0.05, 0.1) is 6.61 Å². The minimum Gasteiger partial charge on any atom is -0.393 e. The number of alkyl halides is 2. The largest absolute Gasteiger partial charge is 0.393 e. The van der Waals surface area contributed by atoms with Crippen molar-refractivity contribution in [2.75, 3.05) is 6.61 Å². The molecule has 0 saturated heterocycles. The van der Waals surface area contributed by atoms with E-state index in [9.17, 15) is 8.78 Å². The van der Waals surface area contributed by atoms with E-state index in [1.165, 1.54) is 0 Å². The summed E-state index contributed by atoms with van der Waals surface area (Å²) in [6, 6.07) is 0.